The van der Waals surface area contributed by atoms with Crippen LogP contribution in [0.2, 0.25) is 25.1 Å². The zero-order chi connectivity index (χ0) is 90.7. The first-order valence-corrected chi connectivity index (χ1v) is 48.9. The molecule has 129 heavy (non-hydrogen) atoms. The third-order valence-electron chi connectivity index (χ3n) is 21.4. The van der Waals surface area contributed by atoms with E-state index in [9.17, 15) is 52.8 Å². The number of fused-ring (bicyclic) bond motifs is 2. The summed E-state index contributed by atoms with van der Waals surface area (Å²) >= 11 is 31.3. The van der Waals surface area contributed by atoms with Crippen LogP contribution in [0.3, 0.4) is 0 Å². The molecule has 14 aromatic rings. The number of hydrogen-bond acceptors (Lipinski definition) is 17. The van der Waals surface area contributed by atoms with Crippen LogP contribution in [-0.4, -0.2) is 141 Å². The molecule has 4 aliphatic heterocycles. The SMILES string of the molecule is O=C(Nc1ccc(Cl)c(-c2ccc(Cl)cn2)c1)c1ccc(N2CCCCS2(=O)=O)cc1.O=C(Nc1ccc(Cl)c(-c2ccc3[nH]ccc3n2)c1)c1ccc(N2CCCCS2(=O)=O)cc1.O=C(Nc1cccc(-c2ncnn3cccc23)c1)c1ccc(N2CCCCS2(=O)=O)cc1Cl.[C-]#[N+]c1ccnc(-c2cc(NC(=O)c3ccc(N4CCCCS4(=O)=O)cc3)ccc2Cl)c1. The minimum absolute atomic E-state index is 0.116. The molecular weight excluding hydrogens is 1830 g/mol. The van der Waals surface area contributed by atoms with Crippen molar-refractivity contribution in [3.63, 3.8) is 0 Å². The highest BCUT2D eigenvalue weighted by molar-refractivity contribution is 7.93. The van der Waals surface area contributed by atoms with E-state index in [4.69, 9.17) is 64.6 Å². The lowest BCUT2D eigenvalue weighted by molar-refractivity contribution is 0.101. The molecular formula is C92H79Cl5N16O12S4. The number of aromatic amines is 1. The van der Waals surface area contributed by atoms with Crippen LogP contribution in [0.25, 0.3) is 66.4 Å². The van der Waals surface area contributed by atoms with Gasteiger partial charge in [-0.05, 0) is 264 Å². The average molecular weight is 1910 g/mol. The molecule has 28 nitrogen and oxygen atoms in total. The quantitative estimate of drug-likeness (QED) is 0.0561. The van der Waals surface area contributed by atoms with Gasteiger partial charge in [-0.3, -0.25) is 46.4 Å². The molecule has 5 N–H and O–H groups in total. The van der Waals surface area contributed by atoms with Crippen LogP contribution in [0, 0.1) is 6.57 Å². The van der Waals surface area contributed by atoms with Gasteiger partial charge in [-0.25, -0.2) is 53.0 Å². The standard InChI is InChI=1S/C24H21ClN4O3S.C23H20ClN5O3S.C23H19ClN4O3S.C22H19Cl2N3O3S/c25-20-8-5-17(15-19(20)21-9-10-22-23(28-21)11-12-26-22)27-24(30)16-3-6-18(7-4-16)29-13-1-2-14-33(29,31)32;24-20-14-18(29-11-1-2-12-33(29,31)32)8-9-19(20)23(30)27-17-6-3-5-16(13-17)22-21-7-4-10-28(21)26-15-25-22;1-25-17-10-11-26-22(15-17)20-14-18(6-9-21(20)24)27-23(29)16-4-7-19(8-5-16)28-12-2-3-13-32(28,30)31;23-16-5-10-21(25-14-16)19-13-17(6-9-20(19)24)26-22(28)15-3-7-18(8-4-15)27-11-1-2-12-31(27,29)30/h3-12,15,26H,1-2,13-14H2,(H,27,30);3-10,13-15H,1-2,11-12H2,(H,27,30);4-11,14-15H,2-3,12-13H2,(H,27,29);3-10,13-14H,1-2,11-12H2,(H,26,28). The Morgan fingerprint density at radius 3 is 1.33 bits per heavy atom. The lowest BCUT2D eigenvalue weighted by atomic mass is 10.1. The highest BCUT2D eigenvalue weighted by Gasteiger charge is 2.31. The number of sulfonamides is 4. The van der Waals surface area contributed by atoms with Crippen LogP contribution in [0.5, 0.6) is 0 Å². The van der Waals surface area contributed by atoms with Crippen molar-refractivity contribution in [3.05, 3.63) is 314 Å². The summed E-state index contributed by atoms with van der Waals surface area (Å²) in [6.07, 6.45) is 14.1. The van der Waals surface area contributed by atoms with E-state index in [1.807, 2.05) is 60.9 Å². The van der Waals surface area contributed by atoms with Gasteiger partial charge in [0.15, 0.2) is 5.69 Å². The summed E-state index contributed by atoms with van der Waals surface area (Å²) in [7, 11) is -13.2. The van der Waals surface area contributed by atoms with Gasteiger partial charge in [-0.1, -0.05) is 70.1 Å². The van der Waals surface area contributed by atoms with Gasteiger partial charge in [0, 0.05) is 113 Å². The number of benzene rings is 8. The predicted molar refractivity (Wildman–Crippen MR) is 510 cm³/mol. The number of pyridine rings is 3. The van der Waals surface area contributed by atoms with Crippen molar-refractivity contribution in [2.75, 3.05) is 87.7 Å². The first-order chi connectivity index (χ1) is 62.0. The molecule has 0 saturated carbocycles. The molecule has 0 atom stereocenters. The van der Waals surface area contributed by atoms with Gasteiger partial charge in [0.1, 0.15) is 6.33 Å². The second-order valence-electron chi connectivity index (χ2n) is 30.1. The number of carbonyl (C=O) groups is 4. The number of aromatic nitrogens is 7. The van der Waals surface area contributed by atoms with Crippen molar-refractivity contribution < 1.29 is 52.8 Å². The normalized spacial score (nSPS) is 15.4. The van der Waals surface area contributed by atoms with E-state index in [0.717, 1.165) is 53.5 Å². The second-order valence-corrected chi connectivity index (χ2v) is 40.2. The lowest BCUT2D eigenvalue weighted by Gasteiger charge is -2.28. The average Bonchev–Trinajstić information content (AvgIpc) is 1.13. The lowest BCUT2D eigenvalue weighted by Crippen LogP contribution is -2.37. The van der Waals surface area contributed by atoms with Crippen LogP contribution >= 0.6 is 58.0 Å². The molecule has 18 rings (SSSR count). The second kappa shape index (κ2) is 39.8. The summed E-state index contributed by atoms with van der Waals surface area (Å²) in [5.74, 6) is -0.783. The number of rotatable bonds is 16. The topological polar surface area (TPSA) is 355 Å². The first kappa shape index (κ1) is 91.0. The summed E-state index contributed by atoms with van der Waals surface area (Å²) in [5, 5.41) is 17.8. The molecule has 0 spiro atoms. The Bertz CT molecular complexity index is 7140. The molecule has 0 aliphatic carbocycles. The molecule has 0 unspecified atom stereocenters. The number of nitrogens with one attached hydrogen (secondary N) is 5. The molecule has 658 valence electrons. The van der Waals surface area contributed by atoms with Crippen LogP contribution in [0.15, 0.2) is 256 Å². The van der Waals surface area contributed by atoms with Gasteiger partial charge in [-0.2, -0.15) is 5.10 Å². The van der Waals surface area contributed by atoms with Crippen molar-refractivity contribution in [1.29, 1.82) is 0 Å². The Morgan fingerprint density at radius 1 is 0.403 bits per heavy atom. The van der Waals surface area contributed by atoms with Gasteiger partial charge in [0.25, 0.3) is 23.6 Å². The number of amides is 4. The number of nitrogens with zero attached hydrogens (tertiary/aromatic N) is 11. The molecule has 4 aliphatic rings. The van der Waals surface area contributed by atoms with Crippen molar-refractivity contribution in [2.45, 2.75) is 51.4 Å². The predicted octanol–water partition coefficient (Wildman–Crippen LogP) is 19.7. The van der Waals surface area contributed by atoms with Gasteiger partial charge in [-0.15, -0.1) is 0 Å². The number of carbonyl (C=O) groups excluding carboxylic acids is 4. The molecule has 37 heteroatoms. The van der Waals surface area contributed by atoms with Crippen LogP contribution in [0.4, 0.5) is 51.2 Å². The summed E-state index contributed by atoms with van der Waals surface area (Å²) in [5.41, 5.74) is 14.4. The van der Waals surface area contributed by atoms with E-state index in [1.165, 1.54) is 42.0 Å². The third-order valence-corrected chi connectivity index (χ3v) is 30.4. The Hall–Kier alpha value is -12.8. The Labute approximate surface area is 769 Å². The monoisotopic (exact) mass is 1900 g/mol. The van der Waals surface area contributed by atoms with Crippen LogP contribution in [-0.2, 0) is 40.1 Å². The summed E-state index contributed by atoms with van der Waals surface area (Å²) < 4.78 is 106. The maximum Gasteiger partial charge on any atom is 0.257 e. The van der Waals surface area contributed by atoms with Gasteiger partial charge in [0.2, 0.25) is 40.1 Å². The highest BCUT2D eigenvalue weighted by Crippen LogP contribution is 2.38. The molecule has 4 fully saturated rings. The van der Waals surface area contributed by atoms with Gasteiger partial charge < -0.3 is 26.3 Å². The fourth-order valence-electron chi connectivity index (χ4n) is 14.8. The van der Waals surface area contributed by atoms with Gasteiger partial charge >= 0.3 is 0 Å². The molecule has 4 amide bonds. The summed E-state index contributed by atoms with van der Waals surface area (Å²) in [4.78, 5) is 75.2. The fraction of sp³-hybridized carbons (Fsp3) is 0.174. The van der Waals surface area contributed by atoms with E-state index in [2.05, 4.69) is 56.1 Å². The Kier molecular flexibility index (Phi) is 28.1. The molecule has 0 radical (unpaired) electrons. The number of halogens is 5. The van der Waals surface area contributed by atoms with Crippen LogP contribution < -0.4 is 38.5 Å². The number of hydrogen-bond donors (Lipinski definition) is 5. The van der Waals surface area contributed by atoms with Crippen molar-refractivity contribution in [1.82, 2.24) is 34.5 Å². The zero-order valence-electron chi connectivity index (χ0n) is 68.4. The van der Waals surface area contributed by atoms with E-state index in [-0.39, 0.29) is 57.2 Å². The maximum absolute atomic E-state index is 12.9. The fourth-order valence-corrected chi connectivity index (χ4v) is 22.4. The van der Waals surface area contributed by atoms with E-state index in [0.29, 0.717) is 174 Å². The zero-order valence-corrected chi connectivity index (χ0v) is 75.4. The minimum Gasteiger partial charge on any atom is -0.360 e. The van der Waals surface area contributed by atoms with Gasteiger partial charge in [0.05, 0.1) is 122 Å². The molecule has 8 aromatic carbocycles. The number of H-pyrrole nitrogens is 1. The van der Waals surface area contributed by atoms with E-state index in [1.54, 1.807) is 174 Å². The van der Waals surface area contributed by atoms with Crippen molar-refractivity contribution >= 4 is 189 Å². The third kappa shape index (κ3) is 21.8. The molecule has 0 bridgehead atoms. The highest BCUT2D eigenvalue weighted by atomic mass is 35.5. The minimum atomic E-state index is -3.36. The first-order valence-electron chi connectivity index (χ1n) is 40.6. The molecule has 6 aromatic heterocycles. The Morgan fingerprint density at radius 2 is 0.860 bits per heavy atom. The molecule has 4 saturated heterocycles. The number of anilines is 8. The van der Waals surface area contributed by atoms with E-state index < -0.39 is 40.1 Å². The summed E-state index contributed by atoms with van der Waals surface area (Å²) in [6.45, 7) is 8.94. The van der Waals surface area contributed by atoms with E-state index >= 15 is 0 Å². The largest absolute Gasteiger partial charge is 0.360 e. The molecule has 10 heterocycles. The van der Waals surface area contributed by atoms with Crippen LogP contribution in [0.1, 0.15) is 92.8 Å². The summed E-state index contributed by atoms with van der Waals surface area (Å²) in [6, 6.07) is 63.3. The van der Waals surface area contributed by atoms with Crippen molar-refractivity contribution in [2.24, 2.45) is 0 Å². The van der Waals surface area contributed by atoms with Crippen molar-refractivity contribution in [3.8, 4) is 45.0 Å². The maximum atomic E-state index is 12.9. The smallest absolute Gasteiger partial charge is 0.257 e. The Balaban J connectivity index is 0.000000132.